The zero-order chi connectivity index (χ0) is 29.5. The number of nitrogens with one attached hydrogen (secondary N) is 2. The predicted octanol–water partition coefficient (Wildman–Crippen LogP) is 9.08. The molecule has 45 heavy (non-hydrogen) atoms. The highest BCUT2D eigenvalue weighted by Gasteiger charge is 2.31. The molecule has 7 aromatic rings. The van der Waals surface area contributed by atoms with Crippen molar-refractivity contribution in [3.63, 3.8) is 0 Å². The van der Waals surface area contributed by atoms with E-state index >= 15 is 0 Å². The monoisotopic (exact) mass is 576 g/mol. The van der Waals surface area contributed by atoms with Crippen LogP contribution in [0.1, 0.15) is 17.3 Å². The third kappa shape index (κ3) is 3.54. The predicted molar refractivity (Wildman–Crippen MR) is 185 cm³/mol. The van der Waals surface area contributed by atoms with Crippen LogP contribution < -0.4 is 10.6 Å². The van der Waals surface area contributed by atoms with E-state index in [1.807, 2.05) is 12.4 Å². The van der Waals surface area contributed by atoms with E-state index in [4.69, 9.17) is 0 Å². The van der Waals surface area contributed by atoms with Crippen molar-refractivity contribution in [3.8, 4) is 27.9 Å². The molecule has 0 amide bonds. The summed E-state index contributed by atoms with van der Waals surface area (Å²) in [5.41, 5.74) is 13.6. The summed E-state index contributed by atoms with van der Waals surface area (Å²) in [6.45, 7) is 0. The maximum Gasteiger partial charge on any atom is 0.104 e. The van der Waals surface area contributed by atoms with Crippen molar-refractivity contribution >= 4 is 38.3 Å². The molecule has 2 atom stereocenters. The highest BCUT2D eigenvalue weighted by atomic mass is 15.2. The van der Waals surface area contributed by atoms with Gasteiger partial charge in [-0.25, -0.2) is 0 Å². The minimum absolute atomic E-state index is 0.0881. The molecule has 0 fully saturated rings. The summed E-state index contributed by atoms with van der Waals surface area (Å²) in [6, 6.07) is 39.8. The van der Waals surface area contributed by atoms with Gasteiger partial charge < -0.3 is 9.88 Å². The lowest BCUT2D eigenvalue weighted by Crippen LogP contribution is -2.45. The van der Waals surface area contributed by atoms with Gasteiger partial charge in [-0.2, -0.15) is 0 Å². The Bertz CT molecular complexity index is 2410. The molecule has 4 nitrogen and oxygen atoms in total. The van der Waals surface area contributed by atoms with Crippen molar-refractivity contribution < 1.29 is 0 Å². The van der Waals surface area contributed by atoms with E-state index in [1.54, 1.807) is 0 Å². The summed E-state index contributed by atoms with van der Waals surface area (Å²) >= 11 is 0. The van der Waals surface area contributed by atoms with E-state index in [1.165, 1.54) is 66.3 Å². The Morgan fingerprint density at radius 3 is 2.31 bits per heavy atom. The molecule has 2 N–H and O–H groups in total. The summed E-state index contributed by atoms with van der Waals surface area (Å²) in [6.07, 6.45) is 12.6. The Labute approximate surface area is 260 Å². The van der Waals surface area contributed by atoms with Crippen molar-refractivity contribution in [3.05, 3.63) is 163 Å². The van der Waals surface area contributed by atoms with Crippen molar-refractivity contribution in [1.82, 2.24) is 20.2 Å². The molecule has 0 saturated carbocycles. The average molecular weight is 577 g/mol. The first-order valence-corrected chi connectivity index (χ1v) is 15.5. The van der Waals surface area contributed by atoms with E-state index in [0.29, 0.717) is 0 Å². The SMILES string of the molecule is C1=CC2=C(c3ccc4c5c(cccc35)-c3ccccc3-4)NC(c3ccc4c5cnccc5n(-c5ccccc5)c4c3)NC2C=C1. The van der Waals surface area contributed by atoms with Gasteiger partial charge in [0.2, 0.25) is 0 Å². The van der Waals surface area contributed by atoms with Gasteiger partial charge >= 0.3 is 0 Å². The van der Waals surface area contributed by atoms with Gasteiger partial charge in [0.05, 0.1) is 17.1 Å². The molecule has 2 aliphatic carbocycles. The zero-order valence-electron chi connectivity index (χ0n) is 24.4. The van der Waals surface area contributed by atoms with Crippen LogP contribution in [0.15, 0.2) is 151 Å². The topological polar surface area (TPSA) is 41.9 Å². The molecule has 0 radical (unpaired) electrons. The lowest BCUT2D eigenvalue weighted by atomic mass is 9.89. The fourth-order valence-electron chi connectivity index (χ4n) is 7.73. The molecule has 2 aromatic heterocycles. The minimum atomic E-state index is -0.0881. The smallest absolute Gasteiger partial charge is 0.104 e. The van der Waals surface area contributed by atoms with Crippen molar-refractivity contribution in [2.24, 2.45) is 0 Å². The van der Waals surface area contributed by atoms with Crippen molar-refractivity contribution in [2.75, 3.05) is 0 Å². The number of hydrogen-bond donors (Lipinski definition) is 2. The molecule has 3 aliphatic rings. The fraction of sp³-hybridized carbons (Fsp3) is 0.0488. The number of allylic oxidation sites excluding steroid dienone is 2. The van der Waals surface area contributed by atoms with Gasteiger partial charge in [-0.1, -0.05) is 109 Å². The number of aromatic nitrogens is 2. The molecule has 4 heteroatoms. The van der Waals surface area contributed by atoms with Gasteiger partial charge in [0.15, 0.2) is 0 Å². The van der Waals surface area contributed by atoms with Gasteiger partial charge in [0.25, 0.3) is 0 Å². The van der Waals surface area contributed by atoms with Crippen LogP contribution in [-0.2, 0) is 0 Å². The van der Waals surface area contributed by atoms with E-state index in [9.17, 15) is 0 Å². The zero-order valence-corrected chi connectivity index (χ0v) is 24.4. The summed E-state index contributed by atoms with van der Waals surface area (Å²) < 4.78 is 2.35. The number of para-hydroxylation sites is 1. The van der Waals surface area contributed by atoms with E-state index in [-0.39, 0.29) is 12.2 Å². The number of fused-ring (bicyclic) bond motifs is 7. The highest BCUT2D eigenvalue weighted by molar-refractivity contribution is 6.17. The van der Waals surface area contributed by atoms with E-state index < -0.39 is 0 Å². The molecule has 2 unspecified atom stereocenters. The molecule has 0 saturated heterocycles. The van der Waals surface area contributed by atoms with Crippen molar-refractivity contribution in [1.29, 1.82) is 0 Å². The standard InChI is InChI=1S/C41H28N4/c1-2-9-26(10-3-1)45-37-21-22-42-24-35(37)29-18-17-25(23-38(29)45)41-43-36-16-7-6-13-34(36)40(44-41)33-20-19-32-28-12-5-4-11-27(28)30-14-8-15-31(33)39(30)32/h1-24,36,41,43-44H. The second-order valence-electron chi connectivity index (χ2n) is 12.1. The third-order valence-electron chi connectivity index (χ3n) is 9.71. The Balaban J connectivity index is 1.14. The van der Waals surface area contributed by atoms with Crippen molar-refractivity contribution in [2.45, 2.75) is 12.2 Å². The van der Waals surface area contributed by atoms with Crippen LogP contribution in [0, 0.1) is 0 Å². The molecular formula is C41H28N4. The first-order chi connectivity index (χ1) is 22.3. The van der Waals surface area contributed by atoms with Crippen LogP contribution >= 0.6 is 0 Å². The molecule has 212 valence electrons. The first-order valence-electron chi connectivity index (χ1n) is 15.5. The molecule has 0 bridgehead atoms. The molecule has 3 heterocycles. The van der Waals surface area contributed by atoms with E-state index in [2.05, 4.69) is 154 Å². The maximum absolute atomic E-state index is 4.47. The number of pyridine rings is 1. The Morgan fingerprint density at radius 2 is 1.42 bits per heavy atom. The number of rotatable bonds is 3. The lowest BCUT2D eigenvalue weighted by molar-refractivity contribution is 0.460. The molecule has 10 rings (SSSR count). The van der Waals surface area contributed by atoms with Gasteiger partial charge in [0.1, 0.15) is 6.17 Å². The van der Waals surface area contributed by atoms with Crippen LogP contribution in [0.25, 0.3) is 66.2 Å². The number of nitrogens with zero attached hydrogens (tertiary/aromatic N) is 2. The Kier molecular flexibility index (Phi) is 5.16. The van der Waals surface area contributed by atoms with Gasteiger partial charge in [-0.05, 0) is 68.4 Å². The summed E-state index contributed by atoms with van der Waals surface area (Å²) in [7, 11) is 0. The van der Waals surface area contributed by atoms with E-state index in [0.717, 1.165) is 16.6 Å². The largest absolute Gasteiger partial charge is 0.365 e. The second kappa shape index (κ2) is 9.39. The van der Waals surface area contributed by atoms with Gasteiger partial charge in [0, 0.05) is 40.1 Å². The minimum Gasteiger partial charge on any atom is -0.365 e. The van der Waals surface area contributed by atoms with Crippen LogP contribution in [0.2, 0.25) is 0 Å². The summed E-state index contributed by atoms with van der Waals surface area (Å²) in [5.74, 6) is 0. The van der Waals surface area contributed by atoms with Crippen LogP contribution in [0.5, 0.6) is 0 Å². The summed E-state index contributed by atoms with van der Waals surface area (Å²) in [4.78, 5) is 4.47. The van der Waals surface area contributed by atoms with Crippen LogP contribution in [0.3, 0.4) is 0 Å². The summed E-state index contributed by atoms with van der Waals surface area (Å²) in [5, 5.41) is 12.9. The second-order valence-corrected chi connectivity index (χ2v) is 12.1. The molecule has 0 spiro atoms. The highest BCUT2D eigenvalue weighted by Crippen LogP contribution is 2.49. The number of hydrogen-bond acceptors (Lipinski definition) is 3. The van der Waals surface area contributed by atoms with Gasteiger partial charge in [-0.15, -0.1) is 0 Å². The lowest BCUT2D eigenvalue weighted by Gasteiger charge is -2.36. The fourth-order valence-corrected chi connectivity index (χ4v) is 7.73. The number of benzene rings is 5. The Morgan fingerprint density at radius 1 is 0.622 bits per heavy atom. The average Bonchev–Trinajstić information content (AvgIpc) is 3.62. The molecule has 5 aromatic carbocycles. The Hall–Kier alpha value is -5.71. The maximum atomic E-state index is 4.47. The van der Waals surface area contributed by atoms with Crippen LogP contribution in [-0.4, -0.2) is 15.6 Å². The molecular weight excluding hydrogens is 548 g/mol. The normalized spacial score (nSPS) is 18.0. The third-order valence-corrected chi connectivity index (χ3v) is 9.71. The molecule has 1 aliphatic heterocycles. The van der Waals surface area contributed by atoms with Crippen LogP contribution in [0.4, 0.5) is 0 Å². The van der Waals surface area contributed by atoms with Gasteiger partial charge in [-0.3, -0.25) is 10.3 Å². The first kappa shape index (κ1) is 24.7. The quantitative estimate of drug-likeness (QED) is 0.220.